The van der Waals surface area contributed by atoms with Gasteiger partial charge in [-0.25, -0.2) is 8.42 Å². The van der Waals surface area contributed by atoms with Crippen molar-refractivity contribution in [2.45, 2.75) is 57.1 Å². The Morgan fingerprint density at radius 1 is 0.830 bits per heavy atom. The average Bonchev–Trinajstić information content (AvgIpc) is 3.02. The fraction of sp³-hybridized carbons (Fsp3) is 0.257. The zero-order valence-electron chi connectivity index (χ0n) is 26.1. The van der Waals surface area contributed by atoms with Gasteiger partial charge in [-0.2, -0.15) is 0 Å². The Balaban J connectivity index is 1.87. The van der Waals surface area contributed by atoms with Gasteiger partial charge in [0.15, 0.2) is 0 Å². The van der Waals surface area contributed by atoms with Crippen LogP contribution in [0.4, 0.5) is 5.69 Å². The molecule has 2 atom stereocenters. The summed E-state index contributed by atoms with van der Waals surface area (Å²) < 4.78 is 29.4. The van der Waals surface area contributed by atoms with E-state index in [2.05, 4.69) is 5.32 Å². The van der Waals surface area contributed by atoms with E-state index < -0.39 is 34.4 Å². The molecule has 0 aromatic heterocycles. The lowest BCUT2D eigenvalue weighted by Gasteiger charge is -2.34. The Labute approximate surface area is 296 Å². The van der Waals surface area contributed by atoms with Crippen LogP contribution in [0.1, 0.15) is 37.0 Å². The number of sulfonamides is 1. The number of carbonyl (C=O) groups is 2. The quantitative estimate of drug-likeness (QED) is 0.150. The third kappa shape index (κ3) is 9.42. The van der Waals surface area contributed by atoms with E-state index in [9.17, 15) is 18.0 Å². The van der Waals surface area contributed by atoms with Crippen molar-refractivity contribution < 1.29 is 18.0 Å². The van der Waals surface area contributed by atoms with E-state index in [1.165, 1.54) is 35.2 Å². The van der Waals surface area contributed by atoms with Gasteiger partial charge in [-0.1, -0.05) is 107 Å². The van der Waals surface area contributed by atoms with E-state index in [0.717, 1.165) is 15.4 Å². The lowest BCUT2D eigenvalue weighted by molar-refractivity contribution is -0.140. The first kappa shape index (κ1) is 36.6. The van der Waals surface area contributed by atoms with Crippen molar-refractivity contribution in [2.24, 2.45) is 0 Å². The lowest BCUT2D eigenvalue weighted by Crippen LogP contribution is -2.54. The summed E-state index contributed by atoms with van der Waals surface area (Å²) in [6.07, 6.45) is 0.802. The first-order valence-corrected chi connectivity index (χ1v) is 17.9. The number of amides is 2. The zero-order valence-corrected chi connectivity index (χ0v) is 29.9. The maximum Gasteiger partial charge on any atom is 0.264 e. The van der Waals surface area contributed by atoms with Gasteiger partial charge in [0.25, 0.3) is 10.0 Å². The fourth-order valence-electron chi connectivity index (χ4n) is 4.90. The summed E-state index contributed by atoms with van der Waals surface area (Å²) in [6, 6.07) is 23.5. The molecule has 0 saturated carbocycles. The fourth-order valence-corrected chi connectivity index (χ4v) is 7.33. The number of aryl methyl sites for hydroxylation is 1. The third-order valence-electron chi connectivity index (χ3n) is 7.69. The van der Waals surface area contributed by atoms with Crippen molar-refractivity contribution in [3.63, 3.8) is 0 Å². The molecule has 0 aliphatic heterocycles. The molecule has 4 aromatic carbocycles. The summed E-state index contributed by atoms with van der Waals surface area (Å²) in [4.78, 5) is 29.9. The molecule has 0 aliphatic carbocycles. The monoisotopic (exact) mass is 733 g/mol. The Kier molecular flexibility index (Phi) is 12.6. The number of hydrogen-bond acceptors (Lipinski definition) is 4. The number of carbonyl (C=O) groups excluding carboxylic acids is 2. The number of rotatable bonds is 13. The van der Waals surface area contributed by atoms with Gasteiger partial charge in [0.05, 0.1) is 10.6 Å². The summed E-state index contributed by atoms with van der Waals surface area (Å²) in [7, 11) is -4.33. The highest BCUT2D eigenvalue weighted by Crippen LogP contribution is 2.32. The van der Waals surface area contributed by atoms with Gasteiger partial charge in [0.1, 0.15) is 12.6 Å². The van der Waals surface area contributed by atoms with Crippen LogP contribution in [0.2, 0.25) is 20.1 Å². The molecule has 12 heteroatoms. The van der Waals surface area contributed by atoms with Gasteiger partial charge in [0.2, 0.25) is 11.8 Å². The molecule has 4 aromatic rings. The second-order valence-corrected chi connectivity index (χ2v) is 14.7. The molecule has 0 radical (unpaired) electrons. The Bertz CT molecular complexity index is 1780. The molecule has 2 amide bonds. The van der Waals surface area contributed by atoms with Crippen LogP contribution < -0.4 is 9.62 Å². The molecule has 0 spiro atoms. The van der Waals surface area contributed by atoms with Crippen molar-refractivity contribution in [2.75, 3.05) is 10.8 Å². The third-order valence-corrected chi connectivity index (χ3v) is 10.6. The molecule has 0 saturated heterocycles. The van der Waals surface area contributed by atoms with E-state index in [1.54, 1.807) is 30.3 Å². The molecule has 1 N–H and O–H groups in total. The maximum atomic E-state index is 14.6. The van der Waals surface area contributed by atoms with Crippen LogP contribution in [-0.2, 0) is 32.6 Å². The van der Waals surface area contributed by atoms with Crippen molar-refractivity contribution >= 4 is 73.9 Å². The van der Waals surface area contributed by atoms with E-state index in [-0.39, 0.29) is 39.6 Å². The first-order valence-electron chi connectivity index (χ1n) is 14.9. The van der Waals surface area contributed by atoms with E-state index >= 15 is 0 Å². The molecule has 0 unspecified atom stereocenters. The van der Waals surface area contributed by atoms with Crippen LogP contribution in [0.25, 0.3) is 0 Å². The van der Waals surface area contributed by atoms with Gasteiger partial charge < -0.3 is 10.2 Å². The summed E-state index contributed by atoms with van der Waals surface area (Å²) in [5.41, 5.74) is 2.15. The molecule has 0 bridgehead atoms. The normalized spacial score (nSPS) is 12.7. The highest BCUT2D eigenvalue weighted by molar-refractivity contribution is 7.92. The second-order valence-electron chi connectivity index (χ2n) is 11.2. The Morgan fingerprint density at radius 2 is 1.43 bits per heavy atom. The standard InChI is InChI=1S/C35H35Cl4N3O4S/c1-4-24(3)40-35(44)33(17-25-9-6-5-7-10-25)41(21-30-31(38)11-8-12-32(30)39)34(43)22-42(28-19-26(36)18-27(37)20-28)47(45,46)29-15-13-23(2)14-16-29/h5-16,18-20,24,33H,4,17,21-22H2,1-3H3,(H,40,44)/t24-,33+/m0/s1. The van der Waals surface area contributed by atoms with Crippen LogP contribution in [0, 0.1) is 6.92 Å². The summed E-state index contributed by atoms with van der Waals surface area (Å²) in [6.45, 7) is 4.79. The molecule has 0 heterocycles. The first-order chi connectivity index (χ1) is 22.3. The molecule has 47 heavy (non-hydrogen) atoms. The van der Waals surface area contributed by atoms with E-state index in [4.69, 9.17) is 46.4 Å². The molecule has 0 fully saturated rings. The minimum atomic E-state index is -4.33. The van der Waals surface area contributed by atoms with Crippen LogP contribution in [0.15, 0.2) is 95.9 Å². The van der Waals surface area contributed by atoms with Crippen LogP contribution in [-0.4, -0.2) is 43.8 Å². The molecule has 248 valence electrons. The van der Waals surface area contributed by atoms with Crippen molar-refractivity contribution in [3.8, 4) is 0 Å². The average molecular weight is 736 g/mol. The molecule has 4 rings (SSSR count). The predicted octanol–water partition coefficient (Wildman–Crippen LogP) is 8.36. The largest absolute Gasteiger partial charge is 0.352 e. The van der Waals surface area contributed by atoms with Gasteiger partial charge in [-0.15, -0.1) is 0 Å². The smallest absolute Gasteiger partial charge is 0.264 e. The highest BCUT2D eigenvalue weighted by Gasteiger charge is 2.35. The summed E-state index contributed by atoms with van der Waals surface area (Å²) in [5.74, 6) is -1.08. The zero-order chi connectivity index (χ0) is 34.3. The van der Waals surface area contributed by atoms with Crippen LogP contribution in [0.3, 0.4) is 0 Å². The summed E-state index contributed by atoms with van der Waals surface area (Å²) >= 11 is 25.8. The number of anilines is 1. The Morgan fingerprint density at radius 3 is 2.00 bits per heavy atom. The highest BCUT2D eigenvalue weighted by atomic mass is 35.5. The maximum absolute atomic E-state index is 14.6. The predicted molar refractivity (Wildman–Crippen MR) is 191 cm³/mol. The molecule has 7 nitrogen and oxygen atoms in total. The molecule has 0 aliphatic rings. The van der Waals surface area contributed by atoms with Crippen molar-refractivity contribution in [3.05, 3.63) is 128 Å². The number of benzene rings is 4. The second kappa shape index (κ2) is 16.2. The van der Waals surface area contributed by atoms with Crippen molar-refractivity contribution in [1.82, 2.24) is 10.2 Å². The molecular formula is C35H35Cl4N3O4S. The van der Waals surface area contributed by atoms with E-state index in [0.29, 0.717) is 22.0 Å². The Hall–Kier alpha value is -3.27. The lowest BCUT2D eigenvalue weighted by atomic mass is 10.0. The summed E-state index contributed by atoms with van der Waals surface area (Å²) in [5, 5.41) is 3.94. The van der Waals surface area contributed by atoms with Gasteiger partial charge >= 0.3 is 0 Å². The SMILES string of the molecule is CC[C@H](C)NC(=O)[C@@H](Cc1ccccc1)N(Cc1c(Cl)cccc1Cl)C(=O)CN(c1cc(Cl)cc(Cl)c1)S(=O)(=O)c1ccc(C)cc1. The van der Waals surface area contributed by atoms with Gasteiger partial charge in [-0.3, -0.25) is 13.9 Å². The van der Waals surface area contributed by atoms with E-state index in [1.807, 2.05) is 51.1 Å². The number of nitrogens with zero attached hydrogens (tertiary/aromatic N) is 2. The van der Waals surface area contributed by atoms with Crippen LogP contribution in [0.5, 0.6) is 0 Å². The topological polar surface area (TPSA) is 86.8 Å². The number of nitrogens with one attached hydrogen (secondary N) is 1. The minimum absolute atomic E-state index is 0.0388. The molecular weight excluding hydrogens is 700 g/mol. The number of halogens is 4. The number of hydrogen-bond donors (Lipinski definition) is 1. The van der Waals surface area contributed by atoms with Crippen LogP contribution >= 0.6 is 46.4 Å². The van der Waals surface area contributed by atoms with Gasteiger partial charge in [-0.05, 0) is 68.3 Å². The minimum Gasteiger partial charge on any atom is -0.352 e. The van der Waals surface area contributed by atoms with Crippen molar-refractivity contribution in [1.29, 1.82) is 0 Å². The van der Waals surface area contributed by atoms with Gasteiger partial charge in [0, 0.05) is 44.7 Å².